The Morgan fingerprint density at radius 2 is 2.06 bits per heavy atom. The van der Waals surface area contributed by atoms with Gasteiger partial charge in [-0.2, -0.15) is 0 Å². The number of anilines is 1. The van der Waals surface area contributed by atoms with Crippen LogP contribution < -0.4 is 11.2 Å². The molecule has 0 saturated carbocycles. The van der Waals surface area contributed by atoms with E-state index in [-0.39, 0.29) is 23.2 Å². The van der Waals surface area contributed by atoms with E-state index >= 15 is 0 Å². The van der Waals surface area contributed by atoms with Crippen molar-refractivity contribution in [3.8, 4) is 0 Å². The van der Waals surface area contributed by atoms with Crippen LogP contribution in [0.25, 0.3) is 0 Å². The van der Waals surface area contributed by atoms with Crippen molar-refractivity contribution in [2.75, 3.05) is 5.73 Å². The van der Waals surface area contributed by atoms with Crippen molar-refractivity contribution in [3.63, 3.8) is 0 Å². The predicted molar refractivity (Wildman–Crippen MR) is 56.2 cm³/mol. The smallest absolute Gasteiger partial charge is 0.199 e. The highest BCUT2D eigenvalue weighted by Crippen LogP contribution is 2.14. The minimum atomic E-state index is -0.384. The van der Waals surface area contributed by atoms with Crippen LogP contribution in [0.4, 0.5) is 15.9 Å². The minimum Gasteiger partial charge on any atom is -0.379 e. The summed E-state index contributed by atoms with van der Waals surface area (Å²) in [7, 11) is 0. The first-order valence-corrected chi connectivity index (χ1v) is 4.53. The van der Waals surface area contributed by atoms with Crippen LogP contribution in [0.15, 0.2) is 33.9 Å². The van der Waals surface area contributed by atoms with Gasteiger partial charge in [-0.3, -0.25) is 10.7 Å². The highest BCUT2D eigenvalue weighted by atomic mass is 19.1. The molecule has 0 atom stereocenters. The van der Waals surface area contributed by atoms with Crippen LogP contribution in [0.5, 0.6) is 0 Å². The highest BCUT2D eigenvalue weighted by Gasteiger charge is 2.13. The summed E-state index contributed by atoms with van der Waals surface area (Å²) >= 11 is 0. The molecule has 0 aliphatic heterocycles. The molecule has 1 heterocycles. The third-order valence-corrected chi connectivity index (χ3v) is 1.91. The van der Waals surface area contributed by atoms with Gasteiger partial charge < -0.3 is 5.73 Å². The first kappa shape index (κ1) is 11.0. The van der Waals surface area contributed by atoms with E-state index in [0.717, 1.165) is 0 Å². The molecule has 4 N–H and O–H groups in total. The Balaban J connectivity index is 2.36. The van der Waals surface area contributed by atoms with Crippen LogP contribution in [0.1, 0.15) is 5.69 Å². The van der Waals surface area contributed by atoms with Crippen LogP contribution in [0.3, 0.4) is 0 Å². The molecule has 0 unspecified atom stereocenters. The third-order valence-electron chi connectivity index (χ3n) is 1.91. The molecule has 0 aliphatic rings. The number of rotatable bonds is 2. The fourth-order valence-electron chi connectivity index (χ4n) is 1.14. The van der Waals surface area contributed by atoms with Gasteiger partial charge in [0, 0.05) is 0 Å². The largest absolute Gasteiger partial charge is 0.379 e. The average Bonchev–Trinajstić information content (AvgIpc) is 2.75. The summed E-state index contributed by atoms with van der Waals surface area (Å²) in [5, 5.41) is 15.7. The van der Waals surface area contributed by atoms with Gasteiger partial charge in [0.25, 0.3) is 0 Å². The summed E-state index contributed by atoms with van der Waals surface area (Å²) in [5.41, 5.74) is 7.73. The standard InChI is InChI=1S/C9H8FN5O2/c10-5-1-3-6(4-2-5)12-9(13-16)7-8(11)15-17-14-7/h1-4,16H,(H2,11,15)(H,12,13). The number of hydroxylamine groups is 1. The number of hydrogen-bond acceptors (Lipinski definition) is 6. The molecule has 17 heavy (non-hydrogen) atoms. The van der Waals surface area contributed by atoms with Crippen molar-refractivity contribution >= 4 is 17.3 Å². The van der Waals surface area contributed by atoms with Crippen molar-refractivity contribution in [2.45, 2.75) is 0 Å². The van der Waals surface area contributed by atoms with Gasteiger partial charge in [0.15, 0.2) is 17.3 Å². The van der Waals surface area contributed by atoms with Crippen LogP contribution in [0.2, 0.25) is 0 Å². The Morgan fingerprint density at radius 1 is 1.35 bits per heavy atom. The van der Waals surface area contributed by atoms with Crippen molar-refractivity contribution < 1.29 is 14.2 Å². The first-order chi connectivity index (χ1) is 8.20. The zero-order valence-electron chi connectivity index (χ0n) is 8.46. The number of aromatic nitrogens is 2. The van der Waals surface area contributed by atoms with Crippen LogP contribution >= 0.6 is 0 Å². The maximum absolute atomic E-state index is 12.7. The van der Waals surface area contributed by atoms with Crippen LogP contribution in [-0.4, -0.2) is 21.4 Å². The second-order valence-corrected chi connectivity index (χ2v) is 3.05. The van der Waals surface area contributed by atoms with E-state index in [1.54, 1.807) is 0 Å². The van der Waals surface area contributed by atoms with Gasteiger partial charge in [-0.05, 0) is 34.6 Å². The highest BCUT2D eigenvalue weighted by molar-refractivity contribution is 6.01. The second-order valence-electron chi connectivity index (χ2n) is 3.05. The van der Waals surface area contributed by atoms with Crippen LogP contribution in [-0.2, 0) is 0 Å². The zero-order chi connectivity index (χ0) is 12.3. The maximum Gasteiger partial charge on any atom is 0.199 e. The van der Waals surface area contributed by atoms with Gasteiger partial charge in [-0.15, -0.1) is 0 Å². The lowest BCUT2D eigenvalue weighted by molar-refractivity contribution is 0.234. The Bertz CT molecular complexity index is 537. The van der Waals surface area contributed by atoms with Crippen molar-refractivity contribution in [3.05, 3.63) is 35.8 Å². The number of nitrogen functional groups attached to an aromatic ring is 1. The fourth-order valence-corrected chi connectivity index (χ4v) is 1.14. The minimum absolute atomic E-state index is 0.0209. The van der Waals surface area contributed by atoms with Gasteiger partial charge >= 0.3 is 0 Å². The number of aliphatic imine (C=N–C) groups is 1. The molecular formula is C9H8FN5O2. The molecule has 8 heteroatoms. The topological polar surface area (TPSA) is 110 Å². The number of amidine groups is 1. The van der Waals surface area contributed by atoms with Gasteiger partial charge in [0.2, 0.25) is 0 Å². The van der Waals surface area contributed by atoms with Gasteiger partial charge in [0.1, 0.15) is 5.82 Å². The number of halogens is 1. The lowest BCUT2D eigenvalue weighted by Gasteiger charge is -2.00. The summed E-state index contributed by atoms with van der Waals surface area (Å²) in [6.45, 7) is 0. The second kappa shape index (κ2) is 4.58. The number of nitrogens with two attached hydrogens (primary N) is 1. The summed E-state index contributed by atoms with van der Waals surface area (Å²) in [5.74, 6) is -0.451. The van der Waals surface area contributed by atoms with Crippen molar-refractivity contribution in [1.82, 2.24) is 15.8 Å². The summed E-state index contributed by atoms with van der Waals surface area (Å²) in [6, 6.07) is 5.32. The van der Waals surface area contributed by atoms with Gasteiger partial charge in [-0.25, -0.2) is 14.0 Å². The molecule has 1 aromatic carbocycles. The molecule has 88 valence electrons. The molecule has 0 aliphatic carbocycles. The maximum atomic E-state index is 12.7. The van der Waals surface area contributed by atoms with E-state index in [0.29, 0.717) is 5.69 Å². The molecule has 0 fully saturated rings. The summed E-state index contributed by atoms with van der Waals surface area (Å²) in [6.07, 6.45) is 0. The van der Waals surface area contributed by atoms with E-state index in [1.165, 1.54) is 24.3 Å². The number of benzene rings is 1. The molecular weight excluding hydrogens is 229 g/mol. The van der Waals surface area contributed by atoms with Gasteiger partial charge in [0.05, 0.1) is 5.69 Å². The lowest BCUT2D eigenvalue weighted by atomic mass is 10.3. The van der Waals surface area contributed by atoms with E-state index in [1.807, 2.05) is 5.48 Å². The van der Waals surface area contributed by atoms with E-state index in [9.17, 15) is 4.39 Å². The molecule has 1 aromatic heterocycles. The molecule has 7 nitrogen and oxygen atoms in total. The Hall–Kier alpha value is -2.48. The first-order valence-electron chi connectivity index (χ1n) is 4.53. The summed E-state index contributed by atoms with van der Waals surface area (Å²) in [4.78, 5) is 3.97. The molecule has 0 amide bonds. The lowest BCUT2D eigenvalue weighted by Crippen LogP contribution is -2.21. The Kier molecular flexibility index (Phi) is 2.97. The van der Waals surface area contributed by atoms with E-state index in [4.69, 9.17) is 10.9 Å². The Morgan fingerprint density at radius 3 is 2.59 bits per heavy atom. The fraction of sp³-hybridized carbons (Fsp3) is 0. The molecule has 0 bridgehead atoms. The molecule has 0 saturated heterocycles. The molecule has 2 aromatic rings. The van der Waals surface area contributed by atoms with Gasteiger partial charge in [-0.1, -0.05) is 0 Å². The average molecular weight is 237 g/mol. The van der Waals surface area contributed by atoms with E-state index < -0.39 is 0 Å². The normalized spacial score (nSPS) is 11.5. The van der Waals surface area contributed by atoms with Crippen LogP contribution in [0, 0.1) is 5.82 Å². The number of hydrogen-bond donors (Lipinski definition) is 3. The quantitative estimate of drug-likeness (QED) is 0.405. The number of nitrogens with zero attached hydrogens (tertiary/aromatic N) is 3. The van der Waals surface area contributed by atoms with Crippen molar-refractivity contribution in [2.24, 2.45) is 4.99 Å². The molecule has 2 rings (SSSR count). The van der Waals surface area contributed by atoms with E-state index in [2.05, 4.69) is 19.9 Å². The predicted octanol–water partition coefficient (Wildman–Crippen LogP) is 0.848. The third kappa shape index (κ3) is 2.37. The van der Waals surface area contributed by atoms with Crippen molar-refractivity contribution in [1.29, 1.82) is 0 Å². The molecule has 0 radical (unpaired) electrons. The SMILES string of the molecule is Nc1nonc1C(=Nc1ccc(F)cc1)NO. The zero-order valence-corrected chi connectivity index (χ0v) is 8.46. The molecule has 0 spiro atoms. The Labute approximate surface area is 94.7 Å². The number of nitrogens with one attached hydrogen (secondary N) is 1. The summed E-state index contributed by atoms with van der Waals surface area (Å²) < 4.78 is 17.0. The monoisotopic (exact) mass is 237 g/mol.